The lowest BCUT2D eigenvalue weighted by Crippen LogP contribution is -2.11. The number of fused-ring (bicyclic) bond motifs is 10. The van der Waals surface area contributed by atoms with Crippen LogP contribution in [0, 0.1) is 0 Å². The molecule has 0 unspecified atom stereocenters. The fraction of sp³-hybridized carbons (Fsp3) is 0. The van der Waals surface area contributed by atoms with Gasteiger partial charge in [-0.1, -0.05) is 158 Å². The number of hydrogen-bond acceptors (Lipinski definition) is 1. The summed E-state index contributed by atoms with van der Waals surface area (Å²) in [7, 11) is 0. The van der Waals surface area contributed by atoms with E-state index in [9.17, 15) is 0 Å². The summed E-state index contributed by atoms with van der Waals surface area (Å²) in [6, 6.07) is 68.9. The van der Waals surface area contributed by atoms with Gasteiger partial charge in [-0.05, 0) is 101 Å². The van der Waals surface area contributed by atoms with Crippen molar-refractivity contribution in [2.45, 2.75) is 0 Å². The summed E-state index contributed by atoms with van der Waals surface area (Å²) in [5, 5.41) is 15.2. The third kappa shape index (κ3) is 4.40. The zero-order valence-electron chi connectivity index (χ0n) is 26.8. The Morgan fingerprint density at radius 3 is 1.43 bits per heavy atom. The summed E-state index contributed by atoms with van der Waals surface area (Å²) < 4.78 is 0. The molecule has 49 heavy (non-hydrogen) atoms. The first-order chi connectivity index (χ1) is 24.3. The van der Waals surface area contributed by atoms with E-state index in [1.54, 1.807) is 0 Å². The van der Waals surface area contributed by atoms with Crippen molar-refractivity contribution in [3.63, 3.8) is 0 Å². The summed E-state index contributed by atoms with van der Waals surface area (Å²) in [6.07, 6.45) is 0. The van der Waals surface area contributed by atoms with E-state index in [0.29, 0.717) is 0 Å². The van der Waals surface area contributed by atoms with Gasteiger partial charge >= 0.3 is 0 Å². The van der Waals surface area contributed by atoms with Crippen LogP contribution in [0.2, 0.25) is 0 Å². The lowest BCUT2D eigenvalue weighted by Gasteiger charge is -2.29. The van der Waals surface area contributed by atoms with Crippen molar-refractivity contribution in [1.82, 2.24) is 0 Å². The lowest BCUT2D eigenvalue weighted by atomic mass is 9.93. The van der Waals surface area contributed by atoms with Crippen LogP contribution in [0.15, 0.2) is 188 Å². The average molecular weight is 622 g/mol. The molecule has 0 saturated heterocycles. The minimum Gasteiger partial charge on any atom is -0.310 e. The highest BCUT2D eigenvalue weighted by atomic mass is 15.1. The first kappa shape index (κ1) is 27.7. The van der Waals surface area contributed by atoms with Crippen LogP contribution in [0.1, 0.15) is 0 Å². The normalized spacial score (nSPS) is 11.7. The average Bonchev–Trinajstić information content (AvgIpc) is 3.18. The van der Waals surface area contributed by atoms with Gasteiger partial charge in [0.15, 0.2) is 0 Å². The number of para-hydroxylation sites is 1. The van der Waals surface area contributed by atoms with Gasteiger partial charge in [0.25, 0.3) is 0 Å². The summed E-state index contributed by atoms with van der Waals surface area (Å²) >= 11 is 0. The molecule has 0 aliphatic carbocycles. The minimum absolute atomic E-state index is 1.12. The van der Waals surface area contributed by atoms with Crippen molar-refractivity contribution in [2.24, 2.45) is 0 Å². The topological polar surface area (TPSA) is 3.24 Å². The smallest absolute Gasteiger partial charge is 0.0540 e. The highest BCUT2D eigenvalue weighted by molar-refractivity contribution is 6.26. The molecule has 10 rings (SSSR count). The molecule has 0 atom stereocenters. The van der Waals surface area contributed by atoms with Crippen LogP contribution < -0.4 is 4.90 Å². The Balaban J connectivity index is 1.28. The summed E-state index contributed by atoms with van der Waals surface area (Å²) in [4.78, 5) is 2.45. The predicted molar refractivity (Wildman–Crippen MR) is 212 cm³/mol. The van der Waals surface area contributed by atoms with E-state index < -0.39 is 0 Å². The maximum absolute atomic E-state index is 2.45. The number of hydrogen-bond donors (Lipinski definition) is 0. The zero-order chi connectivity index (χ0) is 32.3. The number of benzene rings is 10. The van der Waals surface area contributed by atoms with Crippen molar-refractivity contribution in [3.05, 3.63) is 188 Å². The first-order valence-electron chi connectivity index (χ1n) is 16.9. The van der Waals surface area contributed by atoms with E-state index in [0.717, 1.165) is 17.1 Å². The summed E-state index contributed by atoms with van der Waals surface area (Å²) in [6.45, 7) is 0. The van der Waals surface area contributed by atoms with Gasteiger partial charge in [0.1, 0.15) is 0 Å². The van der Waals surface area contributed by atoms with Gasteiger partial charge in [-0.15, -0.1) is 0 Å². The third-order valence-corrected chi connectivity index (χ3v) is 10.2. The molecule has 0 heterocycles. The Morgan fingerprint density at radius 1 is 0.245 bits per heavy atom. The van der Waals surface area contributed by atoms with Gasteiger partial charge in [-0.25, -0.2) is 0 Å². The van der Waals surface area contributed by atoms with E-state index in [1.165, 1.54) is 75.8 Å². The van der Waals surface area contributed by atoms with Crippen LogP contribution in [0.4, 0.5) is 17.1 Å². The molecule has 1 nitrogen and oxygen atoms in total. The molecule has 0 aromatic heterocycles. The van der Waals surface area contributed by atoms with Crippen molar-refractivity contribution in [3.8, 4) is 11.1 Å². The Bertz CT molecular complexity index is 2860. The van der Waals surface area contributed by atoms with Crippen LogP contribution in [-0.2, 0) is 0 Å². The molecule has 0 bridgehead atoms. The van der Waals surface area contributed by atoms with Crippen molar-refractivity contribution in [1.29, 1.82) is 0 Å². The second-order valence-corrected chi connectivity index (χ2v) is 12.9. The van der Waals surface area contributed by atoms with Gasteiger partial charge < -0.3 is 4.90 Å². The molecule has 0 aliphatic rings. The maximum atomic E-state index is 2.45. The van der Waals surface area contributed by atoms with Crippen molar-refractivity contribution < 1.29 is 0 Å². The molecule has 10 aromatic carbocycles. The van der Waals surface area contributed by atoms with E-state index in [-0.39, 0.29) is 0 Å². The largest absolute Gasteiger partial charge is 0.310 e. The number of anilines is 3. The molecule has 0 N–H and O–H groups in total. The molecule has 228 valence electrons. The molecule has 0 spiro atoms. The van der Waals surface area contributed by atoms with E-state index in [4.69, 9.17) is 0 Å². The molecule has 10 aromatic rings. The van der Waals surface area contributed by atoms with Crippen LogP contribution >= 0.6 is 0 Å². The first-order valence-corrected chi connectivity index (χ1v) is 16.9. The Kier molecular flexibility index (Phi) is 6.25. The van der Waals surface area contributed by atoms with Crippen LogP contribution in [-0.4, -0.2) is 0 Å². The third-order valence-electron chi connectivity index (χ3n) is 10.2. The fourth-order valence-corrected chi connectivity index (χ4v) is 7.96. The van der Waals surface area contributed by atoms with E-state index in [1.807, 2.05) is 0 Å². The van der Waals surface area contributed by atoms with Crippen LogP contribution in [0.3, 0.4) is 0 Å². The standard InChI is InChI=1S/C48H31N/c1-4-16-38-32(12-1)14-11-22-40(38)46-21-9-10-23-48(46)49(35-26-28-39-34(30-35)25-24-33-13-2-3-15-37(33)39)36-27-29-45-43-19-6-5-17-41(43)42-18-7-8-20-44(42)47(45)31-36/h1-31H. The van der Waals surface area contributed by atoms with Crippen molar-refractivity contribution >= 4 is 81.7 Å². The molecule has 0 radical (unpaired) electrons. The Labute approximate surface area is 284 Å². The second-order valence-electron chi connectivity index (χ2n) is 12.9. The van der Waals surface area contributed by atoms with Gasteiger partial charge in [-0.2, -0.15) is 0 Å². The summed E-state index contributed by atoms with van der Waals surface area (Å²) in [5.41, 5.74) is 5.81. The molecule has 0 fully saturated rings. The SMILES string of the molecule is c1ccc(N(c2ccc3c(ccc4ccccc43)c2)c2ccc3c4ccccc4c4ccccc4c3c2)c(-c2cccc3ccccc23)c1. The highest BCUT2D eigenvalue weighted by Gasteiger charge is 2.20. The summed E-state index contributed by atoms with van der Waals surface area (Å²) in [5.74, 6) is 0. The van der Waals surface area contributed by atoms with Gasteiger partial charge in [0.05, 0.1) is 5.69 Å². The van der Waals surface area contributed by atoms with Crippen LogP contribution in [0.5, 0.6) is 0 Å². The lowest BCUT2D eigenvalue weighted by molar-refractivity contribution is 1.30. The van der Waals surface area contributed by atoms with Crippen molar-refractivity contribution in [2.75, 3.05) is 4.90 Å². The Hall–Kier alpha value is -6.44. The quantitative estimate of drug-likeness (QED) is 0.177. The van der Waals surface area contributed by atoms with Crippen LogP contribution in [0.25, 0.3) is 75.8 Å². The molecular weight excluding hydrogens is 591 g/mol. The van der Waals surface area contributed by atoms with Gasteiger partial charge in [0.2, 0.25) is 0 Å². The highest BCUT2D eigenvalue weighted by Crippen LogP contribution is 2.45. The second kappa shape index (κ2) is 11.1. The fourth-order valence-electron chi connectivity index (χ4n) is 7.96. The molecular formula is C48H31N. The predicted octanol–water partition coefficient (Wildman–Crippen LogP) is 13.7. The van der Waals surface area contributed by atoms with Gasteiger partial charge in [0, 0.05) is 16.9 Å². The molecule has 0 aliphatic heterocycles. The van der Waals surface area contributed by atoms with E-state index >= 15 is 0 Å². The minimum atomic E-state index is 1.12. The molecule has 1 heteroatoms. The number of rotatable bonds is 4. The Morgan fingerprint density at radius 2 is 0.694 bits per heavy atom. The molecule has 0 amide bonds. The zero-order valence-corrected chi connectivity index (χ0v) is 26.8. The van der Waals surface area contributed by atoms with Gasteiger partial charge in [-0.3, -0.25) is 0 Å². The molecule has 0 saturated carbocycles. The monoisotopic (exact) mass is 621 g/mol. The van der Waals surface area contributed by atoms with E-state index in [2.05, 4.69) is 193 Å². The maximum Gasteiger partial charge on any atom is 0.0540 e. The number of nitrogens with zero attached hydrogens (tertiary/aromatic N) is 1.